The number of ether oxygens (including phenoxy) is 2. The van der Waals surface area contributed by atoms with E-state index in [0.29, 0.717) is 41.4 Å². The van der Waals surface area contributed by atoms with Crippen molar-refractivity contribution in [2.45, 2.75) is 30.6 Å². The molecular formula is C41H36N4O6S. The number of esters is 1. The van der Waals surface area contributed by atoms with Crippen LogP contribution in [0, 0.1) is 11.8 Å². The van der Waals surface area contributed by atoms with Gasteiger partial charge < -0.3 is 14.8 Å². The number of sulfonamides is 1. The molecule has 1 aliphatic rings. The fourth-order valence-electron chi connectivity index (χ4n) is 5.35. The predicted octanol–water partition coefficient (Wildman–Crippen LogP) is 6.66. The molecule has 262 valence electrons. The maximum absolute atomic E-state index is 13.6. The van der Waals surface area contributed by atoms with Crippen LogP contribution in [0.1, 0.15) is 40.3 Å². The summed E-state index contributed by atoms with van der Waals surface area (Å²) in [5.74, 6) is 5.98. The molecule has 1 heterocycles. The van der Waals surface area contributed by atoms with Gasteiger partial charge in [0.05, 0.1) is 30.4 Å². The fraction of sp³-hybridized carbons (Fsp3) is 0.146. The van der Waals surface area contributed by atoms with Crippen LogP contribution in [-0.2, 0) is 37.5 Å². The molecule has 6 rings (SSSR count). The van der Waals surface area contributed by atoms with E-state index in [1.807, 2.05) is 91.0 Å². The molecular weight excluding hydrogens is 677 g/mol. The van der Waals surface area contributed by atoms with Gasteiger partial charge in [-0.1, -0.05) is 115 Å². The smallest absolute Gasteiger partial charge is 0.417 e. The molecule has 52 heavy (non-hydrogen) atoms. The number of amides is 1. The average Bonchev–Trinajstić information content (AvgIpc) is 3.64. The van der Waals surface area contributed by atoms with E-state index in [2.05, 4.69) is 26.9 Å². The van der Waals surface area contributed by atoms with E-state index in [4.69, 9.17) is 9.47 Å². The van der Waals surface area contributed by atoms with Crippen LogP contribution in [0.3, 0.4) is 0 Å². The molecule has 0 aromatic heterocycles. The summed E-state index contributed by atoms with van der Waals surface area (Å²) in [4.78, 5) is 31.5. The van der Waals surface area contributed by atoms with Crippen molar-refractivity contribution in [1.29, 1.82) is 0 Å². The van der Waals surface area contributed by atoms with Crippen LogP contribution in [0.4, 0.5) is 10.5 Å². The lowest BCUT2D eigenvalue weighted by Gasteiger charge is -2.19. The molecule has 0 aliphatic carbocycles. The lowest BCUT2D eigenvalue weighted by molar-refractivity contribution is -0.145. The lowest BCUT2D eigenvalue weighted by atomic mass is 10.1. The van der Waals surface area contributed by atoms with E-state index < -0.39 is 28.1 Å². The van der Waals surface area contributed by atoms with Gasteiger partial charge in [-0.2, -0.15) is 0 Å². The van der Waals surface area contributed by atoms with Crippen LogP contribution in [0.5, 0.6) is 0 Å². The molecule has 0 saturated carbocycles. The molecule has 5 aromatic carbocycles. The molecule has 10 nitrogen and oxygen atoms in total. The number of anilines is 1. The second-order valence-corrected chi connectivity index (χ2v) is 13.5. The molecule has 1 amide bonds. The van der Waals surface area contributed by atoms with Gasteiger partial charge in [0.2, 0.25) is 16.0 Å². The summed E-state index contributed by atoms with van der Waals surface area (Å²) in [6.07, 6.45) is -0.690. The number of carbonyl (C=O) groups is 2. The Morgan fingerprint density at radius 3 is 2.00 bits per heavy atom. The van der Waals surface area contributed by atoms with Crippen molar-refractivity contribution in [1.82, 2.24) is 9.62 Å². The third-order valence-corrected chi connectivity index (χ3v) is 9.46. The summed E-state index contributed by atoms with van der Waals surface area (Å²) in [6, 6.07) is 40.4. The summed E-state index contributed by atoms with van der Waals surface area (Å²) >= 11 is 0. The van der Waals surface area contributed by atoms with Gasteiger partial charge in [-0.05, 0) is 53.1 Å². The Bertz CT molecular complexity index is 2200. The van der Waals surface area contributed by atoms with Crippen molar-refractivity contribution < 1.29 is 27.5 Å². The normalized spacial score (nSPS) is 12.9. The standard InChI is InChI=1S/C41H36N4O6S/c46-39(50-29-33-12-4-1-5-13-33)28-38(35-18-8-3-9-19-35)44-52(48,49)37-21-11-17-32(27-37)23-22-31-16-10-20-36(26-31)43-40-42-24-25-45(40)41(47)51-30-34-14-6-2-7-15-34/h1-21,26-27,38,44H,24-25,28-30H2,(H,42,43). The number of nitrogens with one attached hydrogen (secondary N) is 2. The van der Waals surface area contributed by atoms with Crippen LogP contribution >= 0.6 is 0 Å². The molecule has 1 unspecified atom stereocenters. The van der Waals surface area contributed by atoms with Crippen LogP contribution in [0.2, 0.25) is 0 Å². The highest BCUT2D eigenvalue weighted by Gasteiger charge is 2.26. The second kappa shape index (κ2) is 17.1. The van der Waals surface area contributed by atoms with Gasteiger partial charge in [-0.25, -0.2) is 22.8 Å². The minimum absolute atomic E-state index is 0.00629. The highest BCUT2D eigenvalue weighted by molar-refractivity contribution is 7.89. The lowest BCUT2D eigenvalue weighted by Crippen LogP contribution is -2.38. The van der Waals surface area contributed by atoms with E-state index in [1.54, 1.807) is 36.4 Å². The Morgan fingerprint density at radius 2 is 1.33 bits per heavy atom. The van der Waals surface area contributed by atoms with Gasteiger partial charge in [0, 0.05) is 16.8 Å². The first kappa shape index (κ1) is 35.6. The third-order valence-electron chi connectivity index (χ3n) is 7.99. The Morgan fingerprint density at radius 1 is 0.731 bits per heavy atom. The summed E-state index contributed by atoms with van der Waals surface area (Å²) in [6.45, 7) is 1.09. The number of carbonyl (C=O) groups excluding carboxylic acids is 2. The quantitative estimate of drug-likeness (QED) is 0.116. The average molecular weight is 713 g/mol. The monoisotopic (exact) mass is 712 g/mol. The van der Waals surface area contributed by atoms with Crippen molar-refractivity contribution in [3.8, 4) is 11.8 Å². The first-order valence-corrected chi connectivity index (χ1v) is 18.1. The Labute approximate surface area is 303 Å². The maximum atomic E-state index is 13.6. The van der Waals surface area contributed by atoms with E-state index in [-0.39, 0.29) is 24.5 Å². The van der Waals surface area contributed by atoms with Crippen molar-refractivity contribution >= 4 is 33.7 Å². The number of guanidine groups is 1. The van der Waals surface area contributed by atoms with Gasteiger partial charge >= 0.3 is 12.1 Å². The maximum Gasteiger partial charge on any atom is 0.417 e. The van der Waals surface area contributed by atoms with Gasteiger partial charge in [0.15, 0.2) is 0 Å². The van der Waals surface area contributed by atoms with Crippen molar-refractivity contribution in [2.24, 2.45) is 4.99 Å². The van der Waals surface area contributed by atoms with Gasteiger partial charge in [0.1, 0.15) is 13.2 Å². The Balaban J connectivity index is 1.10. The molecule has 0 radical (unpaired) electrons. The highest BCUT2D eigenvalue weighted by atomic mass is 32.2. The number of aliphatic imine (C=N–C) groups is 1. The predicted molar refractivity (Wildman–Crippen MR) is 198 cm³/mol. The van der Waals surface area contributed by atoms with E-state index in [0.717, 1.165) is 11.1 Å². The second-order valence-electron chi connectivity index (χ2n) is 11.8. The zero-order valence-electron chi connectivity index (χ0n) is 28.1. The van der Waals surface area contributed by atoms with Crippen LogP contribution in [0.15, 0.2) is 149 Å². The zero-order valence-corrected chi connectivity index (χ0v) is 29.0. The number of hydrogen-bond donors (Lipinski definition) is 2. The number of hydrogen-bond acceptors (Lipinski definition) is 8. The minimum atomic E-state index is -4.07. The first-order valence-electron chi connectivity index (χ1n) is 16.6. The van der Waals surface area contributed by atoms with Crippen molar-refractivity contribution in [3.63, 3.8) is 0 Å². The molecule has 0 bridgehead atoms. The molecule has 5 aromatic rings. The SMILES string of the molecule is O=C(CC(NS(=O)(=O)c1cccc(C#Cc2cccc(NC3=NCCN3C(=O)OCc3ccccc3)c2)c1)c1ccccc1)OCc1ccccc1. The van der Waals surface area contributed by atoms with Gasteiger partial charge in [-0.3, -0.25) is 9.79 Å². The topological polar surface area (TPSA) is 126 Å². The van der Waals surface area contributed by atoms with Gasteiger partial charge in [0.25, 0.3) is 0 Å². The number of rotatable bonds is 11. The molecule has 11 heteroatoms. The molecule has 2 N–H and O–H groups in total. The van der Waals surface area contributed by atoms with Gasteiger partial charge in [-0.15, -0.1) is 0 Å². The molecule has 0 saturated heterocycles. The third kappa shape index (κ3) is 9.94. The first-order chi connectivity index (χ1) is 25.3. The highest BCUT2D eigenvalue weighted by Crippen LogP contribution is 2.22. The Hall–Kier alpha value is -6.22. The molecule has 0 spiro atoms. The zero-order chi connectivity index (χ0) is 36.2. The largest absolute Gasteiger partial charge is 0.461 e. The van der Waals surface area contributed by atoms with Crippen LogP contribution in [0.25, 0.3) is 0 Å². The number of benzene rings is 5. The summed E-state index contributed by atoms with van der Waals surface area (Å²) in [7, 11) is -4.07. The molecule has 1 aliphatic heterocycles. The van der Waals surface area contributed by atoms with Crippen molar-refractivity contribution in [3.05, 3.63) is 167 Å². The van der Waals surface area contributed by atoms with E-state index in [1.165, 1.54) is 17.0 Å². The van der Waals surface area contributed by atoms with E-state index in [9.17, 15) is 18.0 Å². The minimum Gasteiger partial charge on any atom is -0.461 e. The Kier molecular flexibility index (Phi) is 11.7. The molecule has 1 atom stereocenters. The number of nitrogens with zero attached hydrogens (tertiary/aromatic N) is 2. The summed E-state index contributed by atoms with van der Waals surface area (Å²) in [5, 5.41) is 3.19. The van der Waals surface area contributed by atoms with E-state index >= 15 is 0 Å². The summed E-state index contributed by atoms with van der Waals surface area (Å²) < 4.78 is 40.9. The van der Waals surface area contributed by atoms with Crippen molar-refractivity contribution in [2.75, 3.05) is 18.4 Å². The van der Waals surface area contributed by atoms with Crippen LogP contribution < -0.4 is 10.0 Å². The fourth-order valence-corrected chi connectivity index (χ4v) is 6.62. The van der Waals surface area contributed by atoms with Crippen LogP contribution in [-0.4, -0.2) is 44.4 Å². The molecule has 0 fully saturated rings. The summed E-state index contributed by atoms with van der Waals surface area (Å²) in [5.41, 5.74) is 4.16.